The molecular weight excluding hydrogens is 410 g/mol. The van der Waals surface area contributed by atoms with Crippen LogP contribution in [-0.2, 0) is 16.4 Å². The molecular formula is C18H27N7O2S2. The Hall–Kier alpha value is -1.69. The second kappa shape index (κ2) is 8.58. The molecule has 9 nitrogen and oxygen atoms in total. The Morgan fingerprint density at radius 3 is 2.76 bits per heavy atom. The van der Waals surface area contributed by atoms with Crippen LogP contribution in [0.2, 0.25) is 0 Å². The molecule has 2 aliphatic heterocycles. The van der Waals surface area contributed by atoms with Gasteiger partial charge in [-0.2, -0.15) is 0 Å². The summed E-state index contributed by atoms with van der Waals surface area (Å²) in [4.78, 5) is 16.1. The molecule has 0 aromatic carbocycles. The fourth-order valence-electron chi connectivity index (χ4n) is 3.98. The molecule has 0 N–H and O–H groups in total. The number of aromatic nitrogens is 4. The highest BCUT2D eigenvalue weighted by Gasteiger charge is 2.29. The third-order valence-corrected chi connectivity index (χ3v) is 8.14. The number of anilines is 1. The van der Waals surface area contributed by atoms with Crippen molar-refractivity contribution in [2.75, 3.05) is 57.5 Å². The van der Waals surface area contributed by atoms with E-state index in [1.165, 1.54) is 6.26 Å². The maximum absolute atomic E-state index is 12.0. The van der Waals surface area contributed by atoms with Crippen molar-refractivity contribution >= 4 is 27.3 Å². The van der Waals surface area contributed by atoms with E-state index in [0.717, 1.165) is 81.8 Å². The van der Waals surface area contributed by atoms with Crippen LogP contribution < -0.4 is 4.90 Å². The highest BCUT2D eigenvalue weighted by atomic mass is 32.2. The molecule has 11 heteroatoms. The van der Waals surface area contributed by atoms with Crippen molar-refractivity contribution in [2.45, 2.75) is 29.5 Å². The van der Waals surface area contributed by atoms with Crippen LogP contribution in [0, 0.1) is 0 Å². The molecule has 1 unspecified atom stereocenters. The minimum Gasteiger partial charge on any atom is -0.338 e. The number of sulfone groups is 1. The average molecular weight is 438 g/mol. The van der Waals surface area contributed by atoms with Gasteiger partial charge in [0.2, 0.25) is 5.95 Å². The summed E-state index contributed by atoms with van der Waals surface area (Å²) in [5.41, 5.74) is 1.62. The lowest BCUT2D eigenvalue weighted by Gasteiger charge is -2.33. The maximum atomic E-state index is 12.0. The molecule has 2 fully saturated rings. The van der Waals surface area contributed by atoms with Crippen molar-refractivity contribution in [3.05, 3.63) is 23.7 Å². The van der Waals surface area contributed by atoms with Gasteiger partial charge in [-0.1, -0.05) is 4.49 Å². The van der Waals surface area contributed by atoms with E-state index in [1.54, 1.807) is 0 Å². The van der Waals surface area contributed by atoms with E-state index in [1.807, 2.05) is 12.3 Å². The predicted molar refractivity (Wildman–Crippen MR) is 112 cm³/mol. The van der Waals surface area contributed by atoms with E-state index in [9.17, 15) is 8.42 Å². The molecule has 0 saturated carbocycles. The van der Waals surface area contributed by atoms with Crippen molar-refractivity contribution in [1.29, 1.82) is 0 Å². The number of piperidine rings is 1. The Labute approximate surface area is 175 Å². The van der Waals surface area contributed by atoms with Crippen molar-refractivity contribution < 1.29 is 8.42 Å². The number of piperazine rings is 1. The minimum atomic E-state index is -3.29. The molecule has 2 aliphatic rings. The number of hydrogen-bond acceptors (Lipinski definition) is 10. The molecule has 0 bridgehead atoms. The van der Waals surface area contributed by atoms with Gasteiger partial charge in [-0.25, -0.2) is 18.4 Å². The first-order chi connectivity index (χ1) is 13.9. The molecule has 1 atom stereocenters. The van der Waals surface area contributed by atoms with Gasteiger partial charge in [0.15, 0.2) is 14.0 Å². The van der Waals surface area contributed by atoms with Gasteiger partial charge >= 0.3 is 0 Å². The normalized spacial score (nSPS) is 22.1. The predicted octanol–water partition coefficient (Wildman–Crippen LogP) is 0.863. The first-order valence-corrected chi connectivity index (χ1v) is 12.6. The average Bonchev–Trinajstić information content (AvgIpc) is 3.20. The number of likely N-dealkylation sites (N-methyl/N-ethyl adjacent to an activating group) is 1. The number of rotatable bonds is 5. The van der Waals surface area contributed by atoms with Gasteiger partial charge in [0.1, 0.15) is 0 Å². The van der Waals surface area contributed by atoms with Crippen molar-refractivity contribution in [3.63, 3.8) is 0 Å². The fraction of sp³-hybridized carbons (Fsp3) is 0.667. The van der Waals surface area contributed by atoms with Crippen LogP contribution in [0.15, 0.2) is 16.5 Å². The lowest BCUT2D eigenvalue weighted by atomic mass is 9.95. The number of nitrogens with zero attached hydrogens (tertiary/aromatic N) is 7. The van der Waals surface area contributed by atoms with Gasteiger partial charge in [0, 0.05) is 69.2 Å². The summed E-state index contributed by atoms with van der Waals surface area (Å²) < 4.78 is 28.3. The van der Waals surface area contributed by atoms with Crippen LogP contribution in [0.4, 0.5) is 5.95 Å². The number of likely N-dealkylation sites (tertiary alicyclic amines) is 1. The molecule has 2 saturated heterocycles. The minimum absolute atomic E-state index is 0.0890. The molecule has 0 amide bonds. The number of hydrogen-bond donors (Lipinski definition) is 0. The zero-order valence-corrected chi connectivity index (χ0v) is 18.5. The molecule has 4 rings (SSSR count). The van der Waals surface area contributed by atoms with Crippen molar-refractivity contribution in [3.8, 4) is 0 Å². The zero-order chi connectivity index (χ0) is 20.4. The Bertz CT molecular complexity index is 941. The zero-order valence-electron chi connectivity index (χ0n) is 16.9. The van der Waals surface area contributed by atoms with Crippen LogP contribution in [0.3, 0.4) is 0 Å². The second-order valence-electron chi connectivity index (χ2n) is 7.93. The van der Waals surface area contributed by atoms with E-state index >= 15 is 0 Å². The molecule has 158 valence electrons. The third-order valence-electron chi connectivity index (χ3n) is 5.58. The van der Waals surface area contributed by atoms with Crippen LogP contribution in [0.25, 0.3) is 0 Å². The molecule has 29 heavy (non-hydrogen) atoms. The Balaban J connectivity index is 1.44. The standard InChI is InChI=1S/C18H27N7O2S2/c1-23-8-10-25(11-9-23)18-19-6-5-15(20-18)13-24-7-3-4-14(12-24)16-17(28-22-21-16)29(2,26)27/h5-6,14H,3-4,7-13H2,1-2H3. The smallest absolute Gasteiger partial charge is 0.225 e. The van der Waals surface area contributed by atoms with Gasteiger partial charge in [-0.15, -0.1) is 5.10 Å². The van der Waals surface area contributed by atoms with E-state index in [4.69, 9.17) is 4.98 Å². The summed E-state index contributed by atoms with van der Waals surface area (Å²) in [6.07, 6.45) is 5.00. The SMILES string of the molecule is CN1CCN(c2nccc(CN3CCCC(c4nnsc4S(C)(=O)=O)C3)n2)CC1. The summed E-state index contributed by atoms with van der Waals surface area (Å²) in [6, 6.07) is 1.97. The van der Waals surface area contributed by atoms with Crippen LogP contribution >= 0.6 is 11.5 Å². The molecule has 0 radical (unpaired) electrons. The van der Waals surface area contributed by atoms with E-state index in [-0.39, 0.29) is 5.92 Å². The van der Waals surface area contributed by atoms with Crippen LogP contribution in [-0.4, -0.2) is 90.3 Å². The van der Waals surface area contributed by atoms with Gasteiger partial charge in [0.05, 0.1) is 11.4 Å². The summed E-state index contributed by atoms with van der Waals surface area (Å²) in [5.74, 6) is 0.887. The van der Waals surface area contributed by atoms with Gasteiger partial charge in [0.25, 0.3) is 0 Å². The molecule has 0 aliphatic carbocycles. The highest BCUT2D eigenvalue weighted by molar-refractivity contribution is 7.92. The maximum Gasteiger partial charge on any atom is 0.225 e. The Kier molecular flexibility index (Phi) is 6.09. The molecule has 2 aromatic heterocycles. The topological polar surface area (TPSA) is 95.4 Å². The largest absolute Gasteiger partial charge is 0.338 e. The Morgan fingerprint density at radius 2 is 2.00 bits per heavy atom. The summed E-state index contributed by atoms with van der Waals surface area (Å²) in [6.45, 7) is 6.38. The van der Waals surface area contributed by atoms with Crippen molar-refractivity contribution in [1.82, 2.24) is 29.4 Å². The summed E-state index contributed by atoms with van der Waals surface area (Å²) in [7, 11) is -1.16. The van der Waals surface area contributed by atoms with E-state index in [0.29, 0.717) is 9.90 Å². The molecule has 4 heterocycles. The van der Waals surface area contributed by atoms with Crippen LogP contribution in [0.5, 0.6) is 0 Å². The Morgan fingerprint density at radius 1 is 1.21 bits per heavy atom. The molecule has 2 aromatic rings. The lowest BCUT2D eigenvalue weighted by Crippen LogP contribution is -2.45. The highest BCUT2D eigenvalue weighted by Crippen LogP contribution is 2.32. The first kappa shape index (κ1) is 20.6. The van der Waals surface area contributed by atoms with E-state index in [2.05, 4.69) is 36.3 Å². The van der Waals surface area contributed by atoms with Gasteiger partial charge in [-0.3, -0.25) is 4.90 Å². The van der Waals surface area contributed by atoms with Crippen molar-refractivity contribution in [2.24, 2.45) is 0 Å². The fourth-order valence-corrected chi connectivity index (χ4v) is 5.71. The van der Waals surface area contributed by atoms with Gasteiger partial charge in [-0.05, 0) is 32.5 Å². The summed E-state index contributed by atoms with van der Waals surface area (Å²) in [5, 5.41) is 4.16. The quantitative estimate of drug-likeness (QED) is 0.675. The molecule has 0 spiro atoms. The van der Waals surface area contributed by atoms with E-state index < -0.39 is 9.84 Å². The summed E-state index contributed by atoms with van der Waals surface area (Å²) >= 11 is 0.976. The third kappa shape index (κ3) is 4.90. The first-order valence-electron chi connectivity index (χ1n) is 9.90. The second-order valence-corrected chi connectivity index (χ2v) is 10.9. The monoisotopic (exact) mass is 437 g/mol. The van der Waals surface area contributed by atoms with Gasteiger partial charge < -0.3 is 9.80 Å². The lowest BCUT2D eigenvalue weighted by molar-refractivity contribution is 0.195. The van der Waals surface area contributed by atoms with Crippen LogP contribution in [0.1, 0.15) is 30.1 Å².